The number of hydrogen-bond acceptors (Lipinski definition) is 5. The van der Waals surface area contributed by atoms with Crippen molar-refractivity contribution in [3.05, 3.63) is 58.4 Å². The zero-order valence-electron chi connectivity index (χ0n) is 13.6. The van der Waals surface area contributed by atoms with Gasteiger partial charge in [0, 0.05) is 17.7 Å². The lowest BCUT2D eigenvalue weighted by atomic mass is 10.1. The third kappa shape index (κ3) is 3.46. The maximum atomic E-state index is 12.3. The van der Waals surface area contributed by atoms with Gasteiger partial charge in [0.05, 0.1) is 18.4 Å². The van der Waals surface area contributed by atoms with E-state index in [0.717, 1.165) is 12.1 Å². The van der Waals surface area contributed by atoms with Crippen LogP contribution in [0.3, 0.4) is 0 Å². The molecule has 0 atom stereocenters. The van der Waals surface area contributed by atoms with E-state index < -0.39 is 5.97 Å². The van der Waals surface area contributed by atoms with Crippen LogP contribution >= 0.6 is 11.6 Å². The average Bonchev–Trinajstić information content (AvgIpc) is 3.05. The van der Waals surface area contributed by atoms with Crippen LogP contribution in [0.4, 0.5) is 5.82 Å². The standard InChI is InChI=1S/C17H15ClN4O3/c1-3-12-8-15-19-14(9-13(18)22(15)21-12)20-16(23)10-4-6-11(7-5-10)17(24)25-2/h4-9H,3H2,1-2H3,(H,19,20,23). The second-order valence-electron chi connectivity index (χ2n) is 5.25. The largest absolute Gasteiger partial charge is 0.465 e. The number of methoxy groups -OCH3 is 1. The van der Waals surface area contributed by atoms with E-state index in [4.69, 9.17) is 11.6 Å². The van der Waals surface area contributed by atoms with Gasteiger partial charge in [-0.2, -0.15) is 5.10 Å². The lowest BCUT2D eigenvalue weighted by molar-refractivity contribution is 0.0600. The first kappa shape index (κ1) is 16.9. The van der Waals surface area contributed by atoms with Gasteiger partial charge in [-0.05, 0) is 30.7 Å². The number of amides is 1. The molecule has 0 radical (unpaired) electrons. The van der Waals surface area contributed by atoms with Crippen molar-refractivity contribution in [1.82, 2.24) is 14.6 Å². The highest BCUT2D eigenvalue weighted by molar-refractivity contribution is 6.30. The summed E-state index contributed by atoms with van der Waals surface area (Å²) in [4.78, 5) is 28.1. The smallest absolute Gasteiger partial charge is 0.337 e. The molecule has 8 heteroatoms. The van der Waals surface area contributed by atoms with Crippen LogP contribution < -0.4 is 5.32 Å². The monoisotopic (exact) mass is 358 g/mol. The molecule has 0 aliphatic carbocycles. The molecule has 3 rings (SSSR count). The summed E-state index contributed by atoms with van der Waals surface area (Å²) in [6.07, 6.45) is 0.758. The van der Waals surface area contributed by atoms with Crippen LogP contribution in [0.2, 0.25) is 5.15 Å². The Morgan fingerprint density at radius 2 is 1.88 bits per heavy atom. The Kier molecular flexibility index (Phi) is 4.67. The lowest BCUT2D eigenvalue weighted by Crippen LogP contribution is -2.14. The van der Waals surface area contributed by atoms with Gasteiger partial charge >= 0.3 is 5.97 Å². The minimum atomic E-state index is -0.460. The van der Waals surface area contributed by atoms with E-state index >= 15 is 0 Å². The predicted molar refractivity (Wildman–Crippen MR) is 93.1 cm³/mol. The molecule has 0 saturated heterocycles. The number of carbonyl (C=O) groups is 2. The van der Waals surface area contributed by atoms with E-state index in [1.54, 1.807) is 0 Å². The molecule has 0 spiro atoms. The number of hydrogen-bond donors (Lipinski definition) is 1. The second kappa shape index (κ2) is 6.90. The molecule has 0 aliphatic heterocycles. The van der Waals surface area contributed by atoms with Gasteiger partial charge in [-0.3, -0.25) is 4.79 Å². The summed E-state index contributed by atoms with van der Waals surface area (Å²) >= 11 is 6.19. The van der Waals surface area contributed by atoms with E-state index in [-0.39, 0.29) is 5.91 Å². The van der Waals surface area contributed by atoms with Gasteiger partial charge in [0.15, 0.2) is 5.65 Å². The molecule has 0 aliphatic rings. The molecule has 128 valence electrons. The topological polar surface area (TPSA) is 85.6 Å². The molecule has 25 heavy (non-hydrogen) atoms. The van der Waals surface area contributed by atoms with Gasteiger partial charge in [-0.1, -0.05) is 18.5 Å². The summed E-state index contributed by atoms with van der Waals surface area (Å²) < 4.78 is 6.14. The van der Waals surface area contributed by atoms with Crippen molar-refractivity contribution in [2.45, 2.75) is 13.3 Å². The number of ether oxygens (including phenoxy) is 1. The zero-order chi connectivity index (χ0) is 18.0. The van der Waals surface area contributed by atoms with Crippen LogP contribution in [0.15, 0.2) is 36.4 Å². The predicted octanol–water partition coefficient (Wildman–Crippen LogP) is 2.98. The first-order valence-electron chi connectivity index (χ1n) is 7.56. The third-order valence-electron chi connectivity index (χ3n) is 3.61. The molecule has 2 aromatic heterocycles. The zero-order valence-corrected chi connectivity index (χ0v) is 14.4. The van der Waals surface area contributed by atoms with Crippen molar-refractivity contribution < 1.29 is 14.3 Å². The number of anilines is 1. The van der Waals surface area contributed by atoms with Crippen molar-refractivity contribution >= 4 is 34.9 Å². The number of halogens is 1. The number of aryl methyl sites for hydroxylation is 1. The molecule has 0 unspecified atom stereocenters. The molecule has 2 heterocycles. The van der Waals surface area contributed by atoms with Gasteiger partial charge < -0.3 is 10.1 Å². The van der Waals surface area contributed by atoms with Gasteiger partial charge in [0.25, 0.3) is 5.91 Å². The highest BCUT2D eigenvalue weighted by Crippen LogP contribution is 2.18. The summed E-state index contributed by atoms with van der Waals surface area (Å²) in [5.74, 6) is -0.500. The van der Waals surface area contributed by atoms with E-state index in [9.17, 15) is 9.59 Å². The number of nitrogens with one attached hydrogen (secondary N) is 1. The fourth-order valence-corrected chi connectivity index (χ4v) is 2.51. The molecule has 1 aromatic carbocycles. The Bertz CT molecular complexity index is 950. The molecule has 7 nitrogen and oxygen atoms in total. The molecular formula is C17H15ClN4O3. The van der Waals surface area contributed by atoms with Crippen molar-refractivity contribution in [2.75, 3.05) is 12.4 Å². The lowest BCUT2D eigenvalue weighted by Gasteiger charge is -2.06. The van der Waals surface area contributed by atoms with Crippen LogP contribution in [0.1, 0.15) is 33.3 Å². The van der Waals surface area contributed by atoms with Gasteiger partial charge in [0.1, 0.15) is 11.0 Å². The summed E-state index contributed by atoms with van der Waals surface area (Å²) in [6.45, 7) is 1.98. The molecular weight excluding hydrogens is 344 g/mol. The SMILES string of the molecule is CCc1cc2nc(NC(=O)c3ccc(C(=O)OC)cc3)cc(Cl)n2n1. The molecule has 1 N–H and O–H groups in total. The Labute approximate surface area is 148 Å². The Morgan fingerprint density at radius 3 is 2.52 bits per heavy atom. The Hall–Kier alpha value is -2.93. The Balaban J connectivity index is 1.82. The molecule has 0 saturated carbocycles. The Morgan fingerprint density at radius 1 is 1.20 bits per heavy atom. The number of esters is 1. The first-order chi connectivity index (χ1) is 12.0. The summed E-state index contributed by atoms with van der Waals surface area (Å²) in [7, 11) is 1.30. The minimum Gasteiger partial charge on any atom is -0.465 e. The van der Waals surface area contributed by atoms with Crippen LogP contribution in [0, 0.1) is 0 Å². The highest BCUT2D eigenvalue weighted by atomic mass is 35.5. The quantitative estimate of drug-likeness (QED) is 0.572. The number of aromatic nitrogens is 3. The van der Waals surface area contributed by atoms with Crippen LogP contribution in [-0.4, -0.2) is 33.6 Å². The van der Waals surface area contributed by atoms with Crippen LogP contribution in [-0.2, 0) is 11.2 Å². The maximum Gasteiger partial charge on any atom is 0.337 e. The summed E-state index contributed by atoms with van der Waals surface area (Å²) in [5, 5.41) is 7.35. The van der Waals surface area contributed by atoms with Crippen LogP contribution in [0.25, 0.3) is 5.65 Å². The minimum absolute atomic E-state index is 0.321. The maximum absolute atomic E-state index is 12.3. The number of carbonyl (C=O) groups excluding carboxylic acids is 2. The van der Waals surface area contributed by atoms with E-state index in [0.29, 0.717) is 27.7 Å². The van der Waals surface area contributed by atoms with E-state index in [1.165, 1.54) is 42.0 Å². The number of rotatable bonds is 4. The third-order valence-corrected chi connectivity index (χ3v) is 3.88. The second-order valence-corrected chi connectivity index (χ2v) is 5.63. The highest BCUT2D eigenvalue weighted by Gasteiger charge is 2.12. The summed E-state index contributed by atoms with van der Waals surface area (Å²) in [6, 6.07) is 9.46. The van der Waals surface area contributed by atoms with Gasteiger partial charge in [-0.15, -0.1) is 0 Å². The number of benzene rings is 1. The number of fused-ring (bicyclic) bond motifs is 1. The van der Waals surface area contributed by atoms with Gasteiger partial charge in [0.2, 0.25) is 0 Å². The molecule has 0 bridgehead atoms. The van der Waals surface area contributed by atoms with E-state index in [1.807, 2.05) is 13.0 Å². The van der Waals surface area contributed by atoms with Crippen molar-refractivity contribution in [3.8, 4) is 0 Å². The molecule has 0 fully saturated rings. The summed E-state index contributed by atoms with van der Waals surface area (Å²) in [5.41, 5.74) is 2.16. The fourth-order valence-electron chi connectivity index (χ4n) is 2.29. The average molecular weight is 359 g/mol. The van der Waals surface area contributed by atoms with Crippen molar-refractivity contribution in [1.29, 1.82) is 0 Å². The van der Waals surface area contributed by atoms with Crippen molar-refractivity contribution in [2.24, 2.45) is 0 Å². The normalized spacial score (nSPS) is 10.7. The molecule has 1 amide bonds. The van der Waals surface area contributed by atoms with Crippen molar-refractivity contribution in [3.63, 3.8) is 0 Å². The fraction of sp³-hybridized carbons (Fsp3) is 0.176. The van der Waals surface area contributed by atoms with Crippen LogP contribution in [0.5, 0.6) is 0 Å². The van der Waals surface area contributed by atoms with Gasteiger partial charge in [-0.25, -0.2) is 14.3 Å². The number of nitrogens with zero attached hydrogens (tertiary/aromatic N) is 3. The molecule has 3 aromatic rings. The first-order valence-corrected chi connectivity index (χ1v) is 7.94. The van der Waals surface area contributed by atoms with E-state index in [2.05, 4.69) is 20.1 Å².